The first-order valence-electron chi connectivity index (χ1n) is 7.18. The third kappa shape index (κ3) is 7.08. The third-order valence-electron chi connectivity index (χ3n) is 3.06. The first kappa shape index (κ1) is 18.0. The second-order valence-electron chi connectivity index (χ2n) is 4.61. The molecule has 1 rings (SSSR count). The van der Waals surface area contributed by atoms with Crippen LogP contribution in [-0.2, 0) is 19.1 Å². The molecule has 22 heavy (non-hydrogen) atoms. The zero-order valence-electron chi connectivity index (χ0n) is 13.1. The molecule has 0 atom stereocenters. The van der Waals surface area contributed by atoms with Crippen LogP contribution in [0.15, 0.2) is 30.3 Å². The van der Waals surface area contributed by atoms with Crippen LogP contribution in [0.25, 0.3) is 0 Å². The number of carbonyl (C=O) groups is 2. The average molecular weight is 309 g/mol. The Hall–Kier alpha value is -2.08. The Morgan fingerprint density at radius 3 is 2.36 bits per heavy atom. The molecular formula is C16H23NO5. The largest absolute Gasteiger partial charge is 0.493 e. The second kappa shape index (κ2) is 10.6. The number of benzene rings is 1. The summed E-state index contributed by atoms with van der Waals surface area (Å²) in [7, 11) is 2.90. The van der Waals surface area contributed by atoms with Gasteiger partial charge >= 0.3 is 5.97 Å². The van der Waals surface area contributed by atoms with Gasteiger partial charge in [-0.2, -0.15) is 0 Å². The van der Waals surface area contributed by atoms with Crippen molar-refractivity contribution in [1.82, 2.24) is 4.90 Å². The highest BCUT2D eigenvalue weighted by Crippen LogP contribution is 2.09. The van der Waals surface area contributed by atoms with E-state index in [1.165, 1.54) is 7.11 Å². The summed E-state index contributed by atoms with van der Waals surface area (Å²) in [5.41, 5.74) is 0. The fraction of sp³-hybridized carbons (Fsp3) is 0.500. The summed E-state index contributed by atoms with van der Waals surface area (Å²) >= 11 is 0. The van der Waals surface area contributed by atoms with Gasteiger partial charge < -0.3 is 19.1 Å². The van der Waals surface area contributed by atoms with Crippen molar-refractivity contribution in [2.75, 3.05) is 40.5 Å². The van der Waals surface area contributed by atoms with Crippen molar-refractivity contribution < 1.29 is 23.8 Å². The van der Waals surface area contributed by atoms with E-state index in [1.54, 1.807) is 12.0 Å². The number of esters is 1. The van der Waals surface area contributed by atoms with E-state index in [0.717, 1.165) is 5.75 Å². The van der Waals surface area contributed by atoms with E-state index >= 15 is 0 Å². The molecule has 0 radical (unpaired) electrons. The molecular weight excluding hydrogens is 286 g/mol. The van der Waals surface area contributed by atoms with Gasteiger partial charge in [0.25, 0.3) is 0 Å². The van der Waals surface area contributed by atoms with Crippen molar-refractivity contribution in [1.29, 1.82) is 0 Å². The van der Waals surface area contributed by atoms with Gasteiger partial charge in [-0.1, -0.05) is 18.2 Å². The molecule has 0 aliphatic carbocycles. The lowest BCUT2D eigenvalue weighted by Crippen LogP contribution is -2.36. The monoisotopic (exact) mass is 309 g/mol. The smallest absolute Gasteiger partial charge is 0.307 e. The zero-order valence-corrected chi connectivity index (χ0v) is 13.1. The van der Waals surface area contributed by atoms with E-state index in [1.807, 2.05) is 30.3 Å². The van der Waals surface area contributed by atoms with Crippen molar-refractivity contribution in [3.8, 4) is 5.75 Å². The van der Waals surface area contributed by atoms with Crippen molar-refractivity contribution in [2.45, 2.75) is 12.8 Å². The van der Waals surface area contributed by atoms with E-state index in [2.05, 4.69) is 4.74 Å². The zero-order chi connectivity index (χ0) is 16.2. The molecule has 0 N–H and O–H groups in total. The van der Waals surface area contributed by atoms with Gasteiger partial charge in [0.1, 0.15) is 5.75 Å². The van der Waals surface area contributed by atoms with Crippen LogP contribution in [-0.4, -0.2) is 57.3 Å². The standard InChI is InChI=1S/C16H23NO5/c1-20-13-11-17(10-8-16(19)21-2)15(18)9-12-22-14-6-4-3-5-7-14/h3-7H,8-13H2,1-2H3. The number of methoxy groups -OCH3 is 2. The van der Waals surface area contributed by atoms with E-state index in [4.69, 9.17) is 9.47 Å². The SMILES string of the molecule is COCCN(CCC(=O)OC)C(=O)CCOc1ccccc1. The number of rotatable bonds is 10. The quantitative estimate of drug-likeness (QED) is 0.613. The lowest BCUT2D eigenvalue weighted by molar-refractivity contribution is -0.142. The summed E-state index contributed by atoms with van der Waals surface area (Å²) in [6.45, 7) is 1.48. The average Bonchev–Trinajstić information content (AvgIpc) is 2.55. The molecule has 0 aromatic heterocycles. The van der Waals surface area contributed by atoms with Gasteiger partial charge in [0.15, 0.2) is 0 Å². The fourth-order valence-electron chi connectivity index (χ4n) is 1.82. The number of ether oxygens (including phenoxy) is 3. The van der Waals surface area contributed by atoms with Crippen LogP contribution < -0.4 is 4.74 Å². The number of para-hydroxylation sites is 1. The van der Waals surface area contributed by atoms with Crippen molar-refractivity contribution in [3.63, 3.8) is 0 Å². The Bertz CT molecular complexity index is 449. The highest BCUT2D eigenvalue weighted by molar-refractivity contribution is 5.77. The highest BCUT2D eigenvalue weighted by Gasteiger charge is 2.15. The molecule has 1 aromatic rings. The van der Waals surface area contributed by atoms with Crippen LogP contribution in [0.1, 0.15) is 12.8 Å². The molecule has 1 amide bonds. The normalized spacial score (nSPS) is 10.1. The molecule has 0 unspecified atom stereocenters. The predicted molar refractivity (Wildman–Crippen MR) is 81.6 cm³/mol. The molecule has 6 heteroatoms. The summed E-state index contributed by atoms with van der Waals surface area (Å²) in [4.78, 5) is 25.0. The van der Waals surface area contributed by atoms with Crippen molar-refractivity contribution in [3.05, 3.63) is 30.3 Å². The second-order valence-corrected chi connectivity index (χ2v) is 4.61. The lowest BCUT2D eigenvalue weighted by Gasteiger charge is -2.22. The van der Waals surface area contributed by atoms with E-state index in [9.17, 15) is 9.59 Å². The van der Waals surface area contributed by atoms with Crippen LogP contribution in [0.5, 0.6) is 5.75 Å². The fourth-order valence-corrected chi connectivity index (χ4v) is 1.82. The third-order valence-corrected chi connectivity index (χ3v) is 3.06. The molecule has 0 heterocycles. The maximum Gasteiger partial charge on any atom is 0.307 e. The Balaban J connectivity index is 2.39. The Kier molecular flexibility index (Phi) is 8.67. The minimum absolute atomic E-state index is 0.0723. The minimum atomic E-state index is -0.337. The van der Waals surface area contributed by atoms with Gasteiger partial charge in [0, 0.05) is 20.2 Å². The van der Waals surface area contributed by atoms with Gasteiger partial charge in [0.2, 0.25) is 5.91 Å². The first-order chi connectivity index (χ1) is 10.7. The maximum atomic E-state index is 12.2. The summed E-state index contributed by atoms with van der Waals surface area (Å²) < 4.78 is 15.1. The highest BCUT2D eigenvalue weighted by atomic mass is 16.5. The summed E-state index contributed by atoms with van der Waals surface area (Å²) in [5.74, 6) is 0.320. The van der Waals surface area contributed by atoms with Crippen molar-refractivity contribution >= 4 is 11.9 Å². The molecule has 1 aromatic carbocycles. The van der Waals surface area contributed by atoms with Gasteiger partial charge in [-0.05, 0) is 12.1 Å². The molecule has 0 spiro atoms. The predicted octanol–water partition coefficient (Wildman–Crippen LogP) is 1.49. The Morgan fingerprint density at radius 2 is 1.73 bits per heavy atom. The number of carbonyl (C=O) groups excluding carboxylic acids is 2. The van der Waals surface area contributed by atoms with E-state index in [-0.39, 0.29) is 24.7 Å². The van der Waals surface area contributed by atoms with Crippen LogP contribution in [0.3, 0.4) is 0 Å². The molecule has 0 saturated carbocycles. The van der Waals surface area contributed by atoms with Gasteiger partial charge in [-0.25, -0.2) is 0 Å². The van der Waals surface area contributed by atoms with Gasteiger partial charge in [-0.15, -0.1) is 0 Å². The minimum Gasteiger partial charge on any atom is -0.493 e. The topological polar surface area (TPSA) is 65.1 Å². The van der Waals surface area contributed by atoms with Crippen LogP contribution in [0.2, 0.25) is 0 Å². The molecule has 0 bridgehead atoms. The number of amides is 1. The number of hydrogen-bond donors (Lipinski definition) is 0. The molecule has 0 saturated heterocycles. The Labute approximate surface area is 131 Å². The van der Waals surface area contributed by atoms with Gasteiger partial charge in [-0.3, -0.25) is 9.59 Å². The van der Waals surface area contributed by atoms with Crippen LogP contribution in [0.4, 0.5) is 0 Å². The summed E-state index contributed by atoms with van der Waals surface area (Å²) in [6, 6.07) is 9.32. The van der Waals surface area contributed by atoms with Crippen LogP contribution >= 0.6 is 0 Å². The van der Waals surface area contributed by atoms with Crippen molar-refractivity contribution in [2.24, 2.45) is 0 Å². The summed E-state index contributed by atoms with van der Waals surface area (Å²) in [5, 5.41) is 0. The molecule has 122 valence electrons. The van der Waals surface area contributed by atoms with Gasteiger partial charge in [0.05, 0.1) is 33.2 Å². The number of hydrogen-bond acceptors (Lipinski definition) is 5. The first-order valence-corrected chi connectivity index (χ1v) is 7.18. The van der Waals surface area contributed by atoms with Crippen LogP contribution in [0, 0.1) is 0 Å². The lowest BCUT2D eigenvalue weighted by atomic mass is 10.3. The maximum absolute atomic E-state index is 12.2. The number of nitrogens with zero attached hydrogens (tertiary/aromatic N) is 1. The molecule has 0 aliphatic rings. The van der Waals surface area contributed by atoms with E-state index in [0.29, 0.717) is 26.3 Å². The Morgan fingerprint density at radius 1 is 1.00 bits per heavy atom. The molecule has 0 aliphatic heterocycles. The molecule has 0 fully saturated rings. The van der Waals surface area contributed by atoms with E-state index < -0.39 is 0 Å². The summed E-state index contributed by atoms with van der Waals surface area (Å²) in [6.07, 6.45) is 0.422. The molecule has 6 nitrogen and oxygen atoms in total.